The number of aryl methyl sites for hydroxylation is 3. The van der Waals surface area contributed by atoms with Gasteiger partial charge in [-0.2, -0.15) is 10.1 Å². The van der Waals surface area contributed by atoms with Gasteiger partial charge < -0.3 is 9.42 Å². The molecule has 3 heterocycles. The lowest BCUT2D eigenvalue weighted by Gasteiger charge is -2.15. The summed E-state index contributed by atoms with van der Waals surface area (Å²) in [6.07, 6.45) is 5.89. The Hall–Kier alpha value is -2.18. The highest BCUT2D eigenvalue weighted by Gasteiger charge is 2.30. The number of hydrogen-bond acceptors (Lipinski definition) is 5. The first-order chi connectivity index (χ1) is 10.1. The normalized spacial score (nSPS) is 18.4. The molecule has 1 aliphatic heterocycles. The molecular weight excluding hydrogens is 270 g/mol. The number of amides is 1. The summed E-state index contributed by atoms with van der Waals surface area (Å²) in [5.74, 6) is 1.65. The van der Waals surface area contributed by atoms with Gasteiger partial charge in [-0.3, -0.25) is 9.48 Å². The lowest BCUT2D eigenvalue weighted by atomic mass is 10.1. The third-order valence-electron chi connectivity index (χ3n) is 3.82. The van der Waals surface area contributed by atoms with Crippen LogP contribution in [0, 0.1) is 6.92 Å². The molecule has 0 spiro atoms. The van der Waals surface area contributed by atoms with Crippen molar-refractivity contribution in [3.63, 3.8) is 0 Å². The quantitative estimate of drug-likeness (QED) is 0.841. The first-order valence-electron chi connectivity index (χ1n) is 7.17. The molecule has 1 amide bonds. The molecule has 7 heteroatoms. The minimum absolute atomic E-state index is 0.175. The Labute approximate surface area is 122 Å². The second-order valence-corrected chi connectivity index (χ2v) is 5.53. The monoisotopic (exact) mass is 289 g/mol. The number of carbonyl (C=O) groups excluding carboxylic acids is 1. The molecule has 3 rings (SSSR count). The van der Waals surface area contributed by atoms with E-state index in [0.717, 1.165) is 24.9 Å². The van der Waals surface area contributed by atoms with Crippen molar-refractivity contribution >= 4 is 5.91 Å². The van der Waals surface area contributed by atoms with Crippen LogP contribution in [-0.2, 0) is 18.3 Å². The van der Waals surface area contributed by atoms with Gasteiger partial charge in [0.25, 0.3) is 0 Å². The predicted molar refractivity (Wildman–Crippen MR) is 74.5 cm³/mol. The van der Waals surface area contributed by atoms with Crippen LogP contribution in [0.15, 0.2) is 16.9 Å². The van der Waals surface area contributed by atoms with Gasteiger partial charge in [0, 0.05) is 32.8 Å². The Bertz CT molecular complexity index is 633. The summed E-state index contributed by atoms with van der Waals surface area (Å²) in [4.78, 5) is 18.4. The molecular formula is C14H19N5O2. The third kappa shape index (κ3) is 3.12. The van der Waals surface area contributed by atoms with Gasteiger partial charge in [0.05, 0.1) is 12.1 Å². The third-order valence-corrected chi connectivity index (χ3v) is 3.82. The zero-order chi connectivity index (χ0) is 14.8. The van der Waals surface area contributed by atoms with Gasteiger partial charge in [-0.25, -0.2) is 0 Å². The van der Waals surface area contributed by atoms with Gasteiger partial charge in [-0.05, 0) is 25.3 Å². The van der Waals surface area contributed by atoms with Crippen molar-refractivity contribution in [1.82, 2.24) is 24.8 Å². The summed E-state index contributed by atoms with van der Waals surface area (Å²) >= 11 is 0. The van der Waals surface area contributed by atoms with Gasteiger partial charge in [-0.15, -0.1) is 0 Å². The minimum Gasteiger partial charge on any atom is -0.342 e. The van der Waals surface area contributed by atoms with Gasteiger partial charge in [-0.1, -0.05) is 5.16 Å². The van der Waals surface area contributed by atoms with Crippen molar-refractivity contribution in [2.45, 2.75) is 32.1 Å². The Balaban J connectivity index is 1.52. The number of carbonyl (C=O) groups is 1. The maximum atomic E-state index is 12.2. The van der Waals surface area contributed by atoms with Crippen LogP contribution in [0.2, 0.25) is 0 Å². The molecule has 1 atom stereocenters. The fourth-order valence-electron chi connectivity index (χ4n) is 2.68. The van der Waals surface area contributed by atoms with Crippen LogP contribution in [-0.4, -0.2) is 43.8 Å². The molecule has 0 N–H and O–H groups in total. The highest BCUT2D eigenvalue weighted by Crippen LogP contribution is 2.26. The lowest BCUT2D eigenvalue weighted by molar-refractivity contribution is -0.130. The molecule has 2 aromatic rings. The van der Waals surface area contributed by atoms with Crippen LogP contribution >= 0.6 is 0 Å². The van der Waals surface area contributed by atoms with Crippen molar-refractivity contribution in [2.75, 3.05) is 13.1 Å². The lowest BCUT2D eigenvalue weighted by Crippen LogP contribution is -2.28. The van der Waals surface area contributed by atoms with Crippen LogP contribution in [0.1, 0.15) is 36.0 Å². The highest BCUT2D eigenvalue weighted by atomic mass is 16.5. The van der Waals surface area contributed by atoms with E-state index in [0.29, 0.717) is 24.7 Å². The molecule has 1 aliphatic rings. The zero-order valence-corrected chi connectivity index (χ0v) is 12.3. The fraction of sp³-hybridized carbons (Fsp3) is 0.571. The van der Waals surface area contributed by atoms with E-state index in [4.69, 9.17) is 4.52 Å². The minimum atomic E-state index is 0.175. The van der Waals surface area contributed by atoms with Crippen molar-refractivity contribution in [1.29, 1.82) is 0 Å². The van der Waals surface area contributed by atoms with E-state index in [1.54, 1.807) is 17.8 Å². The van der Waals surface area contributed by atoms with E-state index in [9.17, 15) is 4.79 Å². The number of aromatic nitrogens is 4. The summed E-state index contributed by atoms with van der Waals surface area (Å²) < 4.78 is 6.95. The largest absolute Gasteiger partial charge is 0.342 e. The van der Waals surface area contributed by atoms with E-state index < -0.39 is 0 Å². The zero-order valence-electron chi connectivity index (χ0n) is 12.3. The van der Waals surface area contributed by atoms with Crippen molar-refractivity contribution in [2.24, 2.45) is 7.05 Å². The number of nitrogens with zero attached hydrogens (tertiary/aromatic N) is 5. The van der Waals surface area contributed by atoms with Crippen LogP contribution in [0.5, 0.6) is 0 Å². The SMILES string of the molecule is Cc1noc([C@H]2CCN(C(=O)CCc3cnn(C)c3)C2)n1. The predicted octanol–water partition coefficient (Wildman–Crippen LogP) is 1.06. The van der Waals surface area contributed by atoms with Crippen LogP contribution in [0.3, 0.4) is 0 Å². The topological polar surface area (TPSA) is 77.0 Å². The average molecular weight is 289 g/mol. The molecule has 0 aliphatic carbocycles. The van der Waals surface area contributed by atoms with Crippen molar-refractivity contribution in [3.05, 3.63) is 29.7 Å². The Morgan fingerprint density at radius 3 is 3.05 bits per heavy atom. The molecule has 2 aromatic heterocycles. The fourth-order valence-corrected chi connectivity index (χ4v) is 2.68. The maximum Gasteiger partial charge on any atom is 0.231 e. The smallest absolute Gasteiger partial charge is 0.231 e. The maximum absolute atomic E-state index is 12.2. The van der Waals surface area contributed by atoms with Gasteiger partial charge in [0.15, 0.2) is 5.82 Å². The summed E-state index contributed by atoms with van der Waals surface area (Å²) in [6.45, 7) is 3.24. The highest BCUT2D eigenvalue weighted by molar-refractivity contribution is 5.76. The summed E-state index contributed by atoms with van der Waals surface area (Å²) in [6, 6.07) is 0. The molecule has 0 bridgehead atoms. The Morgan fingerprint density at radius 2 is 2.38 bits per heavy atom. The van der Waals surface area contributed by atoms with E-state index in [1.807, 2.05) is 18.1 Å². The van der Waals surface area contributed by atoms with Crippen LogP contribution in [0.25, 0.3) is 0 Å². The average Bonchev–Trinajstić information content (AvgIpc) is 3.16. The van der Waals surface area contributed by atoms with E-state index in [1.165, 1.54) is 0 Å². The van der Waals surface area contributed by atoms with Crippen molar-refractivity contribution in [3.8, 4) is 0 Å². The number of rotatable bonds is 4. The van der Waals surface area contributed by atoms with Gasteiger partial charge in [0.2, 0.25) is 11.8 Å². The molecule has 0 aromatic carbocycles. The first kappa shape index (κ1) is 13.8. The van der Waals surface area contributed by atoms with E-state index in [2.05, 4.69) is 15.2 Å². The second kappa shape index (κ2) is 5.67. The molecule has 0 radical (unpaired) electrons. The molecule has 7 nitrogen and oxygen atoms in total. The van der Waals surface area contributed by atoms with Gasteiger partial charge in [0.1, 0.15) is 0 Å². The van der Waals surface area contributed by atoms with E-state index >= 15 is 0 Å². The molecule has 0 unspecified atom stereocenters. The molecule has 1 saturated heterocycles. The molecule has 1 fully saturated rings. The standard InChI is InChI=1S/C14H19N5O2/c1-10-16-14(21-17-10)12-5-6-19(9-12)13(20)4-3-11-7-15-18(2)8-11/h7-8,12H,3-6,9H2,1-2H3/t12-/m0/s1. The summed E-state index contributed by atoms with van der Waals surface area (Å²) in [5, 5.41) is 7.92. The van der Waals surface area contributed by atoms with Crippen LogP contribution in [0.4, 0.5) is 0 Å². The summed E-state index contributed by atoms with van der Waals surface area (Å²) in [7, 11) is 1.88. The van der Waals surface area contributed by atoms with E-state index in [-0.39, 0.29) is 11.8 Å². The van der Waals surface area contributed by atoms with Crippen LogP contribution < -0.4 is 0 Å². The molecule has 0 saturated carbocycles. The molecule has 21 heavy (non-hydrogen) atoms. The second-order valence-electron chi connectivity index (χ2n) is 5.53. The van der Waals surface area contributed by atoms with Crippen molar-refractivity contribution < 1.29 is 9.32 Å². The number of hydrogen-bond donors (Lipinski definition) is 0. The Kier molecular flexibility index (Phi) is 3.72. The summed E-state index contributed by atoms with van der Waals surface area (Å²) in [5.41, 5.74) is 1.09. The molecule has 112 valence electrons. The Morgan fingerprint density at radius 1 is 1.52 bits per heavy atom. The van der Waals surface area contributed by atoms with Gasteiger partial charge >= 0.3 is 0 Å². The first-order valence-corrected chi connectivity index (χ1v) is 7.17. The number of likely N-dealkylation sites (tertiary alicyclic amines) is 1.